The van der Waals surface area contributed by atoms with E-state index in [1.54, 1.807) is 13.3 Å². The summed E-state index contributed by atoms with van der Waals surface area (Å²) in [7, 11) is 1.64. The van der Waals surface area contributed by atoms with Gasteiger partial charge < -0.3 is 4.74 Å². The highest BCUT2D eigenvalue weighted by Crippen LogP contribution is 2.33. The number of benzene rings is 1. The van der Waals surface area contributed by atoms with E-state index in [4.69, 9.17) is 10.6 Å². The number of ether oxygens (including phenoxy) is 1. The highest BCUT2D eigenvalue weighted by molar-refractivity contribution is 9.10. The Labute approximate surface area is 127 Å². The van der Waals surface area contributed by atoms with E-state index in [0.717, 1.165) is 28.0 Å². The first-order valence-corrected chi connectivity index (χ1v) is 7.23. The maximum Gasteiger partial charge on any atom is 0.161 e. The normalized spacial score (nSPS) is 12.4. The molecule has 20 heavy (non-hydrogen) atoms. The van der Waals surface area contributed by atoms with E-state index in [1.165, 1.54) is 5.56 Å². The van der Waals surface area contributed by atoms with Crippen LogP contribution in [0.2, 0.25) is 0 Å². The molecule has 0 fully saturated rings. The van der Waals surface area contributed by atoms with Gasteiger partial charge in [0.05, 0.1) is 19.3 Å². The molecule has 0 saturated heterocycles. The number of rotatable bonds is 5. The molecule has 3 N–H and O–H groups in total. The number of aromatic nitrogens is 2. The molecule has 1 heterocycles. The number of methoxy groups -OCH3 is 1. The molecule has 0 bridgehead atoms. The third kappa shape index (κ3) is 2.72. The fourth-order valence-corrected chi connectivity index (χ4v) is 2.75. The third-order valence-electron chi connectivity index (χ3n) is 3.27. The number of hydrazine groups is 1. The van der Waals surface area contributed by atoms with Crippen LogP contribution in [-0.4, -0.2) is 16.9 Å². The van der Waals surface area contributed by atoms with Crippen LogP contribution in [0.5, 0.6) is 5.75 Å². The SMILES string of the molecule is CCn1ncc(OC)c1C(NN)c1cc(C)ccc1Br. The Kier molecular flexibility index (Phi) is 4.80. The van der Waals surface area contributed by atoms with Gasteiger partial charge in [-0.15, -0.1) is 0 Å². The lowest BCUT2D eigenvalue weighted by Crippen LogP contribution is -2.31. The van der Waals surface area contributed by atoms with Gasteiger partial charge in [-0.1, -0.05) is 33.6 Å². The van der Waals surface area contributed by atoms with Gasteiger partial charge in [0.15, 0.2) is 5.75 Å². The minimum atomic E-state index is -0.193. The Balaban J connectivity index is 2.57. The lowest BCUT2D eigenvalue weighted by atomic mass is 10.0. The summed E-state index contributed by atoms with van der Waals surface area (Å²) in [6, 6.07) is 5.98. The minimum Gasteiger partial charge on any atom is -0.493 e. The zero-order chi connectivity index (χ0) is 14.7. The first kappa shape index (κ1) is 15.0. The Morgan fingerprint density at radius 3 is 2.85 bits per heavy atom. The Morgan fingerprint density at radius 1 is 1.50 bits per heavy atom. The van der Waals surface area contributed by atoms with E-state index >= 15 is 0 Å². The van der Waals surface area contributed by atoms with Gasteiger partial charge in [-0.2, -0.15) is 5.10 Å². The number of nitrogens with one attached hydrogen (secondary N) is 1. The van der Waals surface area contributed by atoms with Crippen LogP contribution in [0.25, 0.3) is 0 Å². The second-order valence-corrected chi connectivity index (χ2v) is 5.39. The summed E-state index contributed by atoms with van der Waals surface area (Å²) in [6.07, 6.45) is 1.72. The van der Waals surface area contributed by atoms with Crippen LogP contribution in [0, 0.1) is 6.92 Å². The van der Waals surface area contributed by atoms with Crippen molar-refractivity contribution in [3.63, 3.8) is 0 Å². The van der Waals surface area contributed by atoms with Crippen LogP contribution in [0.3, 0.4) is 0 Å². The molecule has 0 amide bonds. The van der Waals surface area contributed by atoms with Crippen molar-refractivity contribution in [3.05, 3.63) is 45.7 Å². The molecular formula is C14H19BrN4O. The van der Waals surface area contributed by atoms with Crippen LogP contribution in [-0.2, 0) is 6.54 Å². The second kappa shape index (κ2) is 6.39. The van der Waals surface area contributed by atoms with Gasteiger partial charge in [-0.3, -0.25) is 10.5 Å². The van der Waals surface area contributed by atoms with Gasteiger partial charge in [-0.05, 0) is 25.5 Å². The maximum atomic E-state index is 5.79. The molecule has 0 aliphatic rings. The molecule has 0 aliphatic heterocycles. The third-order valence-corrected chi connectivity index (χ3v) is 3.99. The summed E-state index contributed by atoms with van der Waals surface area (Å²) in [5.41, 5.74) is 6.02. The Morgan fingerprint density at radius 2 is 2.25 bits per heavy atom. The predicted octanol–water partition coefficient (Wildman–Crippen LogP) is 2.54. The highest BCUT2D eigenvalue weighted by atomic mass is 79.9. The number of aryl methyl sites for hydroxylation is 2. The summed E-state index contributed by atoms with van der Waals surface area (Å²) in [6.45, 7) is 4.84. The number of hydrogen-bond donors (Lipinski definition) is 2. The predicted molar refractivity (Wildman–Crippen MR) is 82.5 cm³/mol. The van der Waals surface area contributed by atoms with Crippen LogP contribution >= 0.6 is 15.9 Å². The molecule has 0 aliphatic carbocycles. The van der Waals surface area contributed by atoms with E-state index in [0.29, 0.717) is 0 Å². The first-order chi connectivity index (χ1) is 9.62. The Bertz CT molecular complexity index is 575. The molecule has 1 aromatic heterocycles. The summed E-state index contributed by atoms with van der Waals surface area (Å²) in [5.74, 6) is 6.52. The maximum absolute atomic E-state index is 5.79. The summed E-state index contributed by atoms with van der Waals surface area (Å²) < 4.78 is 8.29. The van der Waals surface area contributed by atoms with Crippen molar-refractivity contribution in [2.24, 2.45) is 5.84 Å². The molecule has 6 heteroatoms. The fourth-order valence-electron chi connectivity index (χ4n) is 2.28. The lowest BCUT2D eigenvalue weighted by molar-refractivity contribution is 0.399. The van der Waals surface area contributed by atoms with E-state index in [1.807, 2.05) is 17.7 Å². The van der Waals surface area contributed by atoms with Crippen molar-refractivity contribution in [1.29, 1.82) is 0 Å². The van der Waals surface area contributed by atoms with Crippen molar-refractivity contribution in [1.82, 2.24) is 15.2 Å². The second-order valence-electron chi connectivity index (χ2n) is 4.54. The molecule has 1 atom stereocenters. The average Bonchev–Trinajstić information content (AvgIpc) is 2.86. The molecule has 2 aromatic rings. The molecule has 1 unspecified atom stereocenters. The molecule has 1 aromatic carbocycles. The van der Waals surface area contributed by atoms with E-state index in [2.05, 4.69) is 45.5 Å². The average molecular weight is 339 g/mol. The van der Waals surface area contributed by atoms with Crippen molar-refractivity contribution in [2.45, 2.75) is 26.4 Å². The summed E-state index contributed by atoms with van der Waals surface area (Å²) in [4.78, 5) is 0. The number of nitrogens with two attached hydrogens (primary N) is 1. The van der Waals surface area contributed by atoms with Gasteiger partial charge in [0, 0.05) is 11.0 Å². The molecular weight excluding hydrogens is 320 g/mol. The van der Waals surface area contributed by atoms with E-state index in [9.17, 15) is 0 Å². The summed E-state index contributed by atoms with van der Waals surface area (Å²) in [5, 5.41) is 4.33. The van der Waals surface area contributed by atoms with Crippen molar-refractivity contribution < 1.29 is 4.74 Å². The van der Waals surface area contributed by atoms with Crippen LogP contribution in [0.1, 0.15) is 29.8 Å². The summed E-state index contributed by atoms with van der Waals surface area (Å²) >= 11 is 3.58. The molecule has 0 radical (unpaired) electrons. The van der Waals surface area contributed by atoms with Crippen molar-refractivity contribution in [2.75, 3.05) is 7.11 Å². The van der Waals surface area contributed by atoms with E-state index in [-0.39, 0.29) is 6.04 Å². The minimum absolute atomic E-state index is 0.193. The zero-order valence-corrected chi connectivity index (χ0v) is 13.4. The monoisotopic (exact) mass is 338 g/mol. The van der Waals surface area contributed by atoms with Crippen LogP contribution in [0.15, 0.2) is 28.9 Å². The van der Waals surface area contributed by atoms with Gasteiger partial charge >= 0.3 is 0 Å². The molecule has 5 nitrogen and oxygen atoms in total. The highest BCUT2D eigenvalue weighted by Gasteiger charge is 2.24. The van der Waals surface area contributed by atoms with Crippen LogP contribution < -0.4 is 16.0 Å². The lowest BCUT2D eigenvalue weighted by Gasteiger charge is -2.20. The van der Waals surface area contributed by atoms with Gasteiger partial charge in [0.2, 0.25) is 0 Å². The molecule has 0 spiro atoms. The van der Waals surface area contributed by atoms with Crippen molar-refractivity contribution in [3.8, 4) is 5.75 Å². The fraction of sp³-hybridized carbons (Fsp3) is 0.357. The molecule has 108 valence electrons. The van der Waals surface area contributed by atoms with E-state index < -0.39 is 0 Å². The quantitative estimate of drug-likeness (QED) is 0.649. The van der Waals surface area contributed by atoms with Crippen molar-refractivity contribution >= 4 is 15.9 Å². The number of nitrogens with zero attached hydrogens (tertiary/aromatic N) is 2. The number of hydrogen-bond acceptors (Lipinski definition) is 4. The smallest absolute Gasteiger partial charge is 0.161 e. The Hall–Kier alpha value is -1.37. The van der Waals surface area contributed by atoms with Gasteiger partial charge in [0.25, 0.3) is 0 Å². The molecule has 2 rings (SSSR count). The van der Waals surface area contributed by atoms with Gasteiger partial charge in [-0.25, -0.2) is 5.43 Å². The van der Waals surface area contributed by atoms with Crippen LogP contribution in [0.4, 0.5) is 0 Å². The largest absolute Gasteiger partial charge is 0.493 e. The number of halogens is 1. The zero-order valence-electron chi connectivity index (χ0n) is 11.9. The first-order valence-electron chi connectivity index (χ1n) is 6.44. The molecule has 0 saturated carbocycles. The van der Waals surface area contributed by atoms with Gasteiger partial charge in [0.1, 0.15) is 5.69 Å². The topological polar surface area (TPSA) is 65.1 Å². The standard InChI is InChI=1S/C14H19BrN4O/c1-4-19-14(12(20-3)8-17-19)13(18-16)10-7-9(2)5-6-11(10)15/h5-8,13,18H,4,16H2,1-3H3.